The average Bonchev–Trinajstić information content (AvgIpc) is 2.14. The van der Waals surface area contributed by atoms with Crippen LogP contribution in [0.15, 0.2) is 12.7 Å². The molecule has 0 radical (unpaired) electrons. The number of esters is 1. The van der Waals surface area contributed by atoms with Crippen LogP contribution in [-0.4, -0.2) is 24.8 Å². The second-order valence-electron chi connectivity index (χ2n) is 2.24. The van der Waals surface area contributed by atoms with Gasteiger partial charge in [0.15, 0.2) is 6.61 Å². The van der Waals surface area contributed by atoms with Crippen LogP contribution in [0.1, 0.15) is 6.92 Å². The van der Waals surface area contributed by atoms with E-state index in [1.165, 1.54) is 6.92 Å². The van der Waals surface area contributed by atoms with Crippen molar-refractivity contribution in [2.45, 2.75) is 12.6 Å². The quantitative estimate of drug-likeness (QED) is 0.395. The van der Waals surface area contributed by atoms with Crippen LogP contribution in [0.5, 0.6) is 0 Å². The summed E-state index contributed by atoms with van der Waals surface area (Å²) in [6, 6.07) is 0. The molecule has 0 aliphatic heterocycles. The van der Waals surface area contributed by atoms with Crippen LogP contribution in [0.3, 0.4) is 0 Å². The molecule has 82 valence electrons. The molecule has 0 fully saturated rings. The summed E-state index contributed by atoms with van der Waals surface area (Å²) < 4.78 is 44.7. The number of hydrogen-bond acceptors (Lipinski definition) is 4. The Labute approximate surface area is 80.8 Å². The minimum absolute atomic E-state index is 0.0806. The van der Waals surface area contributed by atoms with E-state index in [1.807, 2.05) is 0 Å². The molecule has 14 heavy (non-hydrogen) atoms. The Morgan fingerprint density at radius 3 is 2.64 bits per heavy atom. The van der Waals surface area contributed by atoms with Crippen LogP contribution >= 0.6 is 8.03 Å². The average molecular weight is 228 g/mol. The van der Waals surface area contributed by atoms with Gasteiger partial charge in [-0.05, 0) is 6.92 Å². The van der Waals surface area contributed by atoms with Crippen molar-refractivity contribution in [2.24, 2.45) is 0 Å². The van der Waals surface area contributed by atoms with Crippen LogP contribution in [0, 0.1) is 0 Å². The van der Waals surface area contributed by atoms with Gasteiger partial charge >= 0.3 is 11.6 Å². The first kappa shape index (κ1) is 13.3. The van der Waals surface area contributed by atoms with Gasteiger partial charge in [0.05, 0.1) is 6.61 Å². The summed E-state index contributed by atoms with van der Waals surface area (Å²) in [6.07, 6.45) is 0.744. The second kappa shape index (κ2) is 5.88. The van der Waals surface area contributed by atoms with E-state index in [1.54, 1.807) is 0 Å². The number of ether oxygens (including phenoxy) is 1. The molecule has 0 aromatic heterocycles. The summed E-state index contributed by atoms with van der Waals surface area (Å²) in [5.41, 5.74) is -3.63. The van der Waals surface area contributed by atoms with Gasteiger partial charge in [0, 0.05) is 6.08 Å². The Balaban J connectivity index is 4.12. The van der Waals surface area contributed by atoms with Crippen LogP contribution in [0.4, 0.5) is 8.78 Å². The molecular formula is C7H11F2O4P. The number of rotatable bonds is 6. The van der Waals surface area contributed by atoms with E-state index in [0.717, 1.165) is 6.08 Å². The van der Waals surface area contributed by atoms with Gasteiger partial charge in [0.25, 0.3) is 8.03 Å². The van der Waals surface area contributed by atoms with Crippen molar-refractivity contribution >= 4 is 14.0 Å². The summed E-state index contributed by atoms with van der Waals surface area (Å²) in [5.74, 6) is -0.990. The topological polar surface area (TPSA) is 52.6 Å². The summed E-state index contributed by atoms with van der Waals surface area (Å²) in [6.45, 7) is 3.13. The lowest BCUT2D eigenvalue weighted by atomic mass is 10.6. The smallest absolute Gasteiger partial charge is 0.352 e. The molecule has 7 heteroatoms. The molecular weight excluding hydrogens is 217 g/mol. The number of alkyl halides is 2. The molecule has 0 N–H and O–H groups in total. The minimum Gasteiger partial charge on any atom is -0.455 e. The fraction of sp³-hybridized carbons (Fsp3) is 0.571. The summed E-state index contributed by atoms with van der Waals surface area (Å²) in [7, 11) is -3.52. The third kappa shape index (κ3) is 4.48. The lowest BCUT2D eigenvalue weighted by Gasteiger charge is -2.14. The SMILES string of the molecule is C=CC(=O)OCC(F)(F)[PH](=O)OCC. The van der Waals surface area contributed by atoms with Gasteiger partial charge in [-0.3, -0.25) is 4.57 Å². The summed E-state index contributed by atoms with van der Waals surface area (Å²) in [5, 5.41) is 0. The molecule has 0 rings (SSSR count). The molecule has 0 spiro atoms. The fourth-order valence-electron chi connectivity index (χ4n) is 0.516. The zero-order chi connectivity index (χ0) is 11.2. The Morgan fingerprint density at radius 2 is 2.21 bits per heavy atom. The van der Waals surface area contributed by atoms with Gasteiger partial charge in [-0.1, -0.05) is 6.58 Å². The first-order valence-corrected chi connectivity index (χ1v) is 5.10. The van der Waals surface area contributed by atoms with Crippen molar-refractivity contribution in [3.63, 3.8) is 0 Å². The van der Waals surface area contributed by atoms with Crippen molar-refractivity contribution in [3.05, 3.63) is 12.7 Å². The molecule has 0 aliphatic rings. The van der Waals surface area contributed by atoms with E-state index in [9.17, 15) is 18.1 Å². The number of halogens is 2. The Hall–Kier alpha value is -0.740. The molecule has 4 nitrogen and oxygen atoms in total. The van der Waals surface area contributed by atoms with Gasteiger partial charge in [0.1, 0.15) is 0 Å². The van der Waals surface area contributed by atoms with Gasteiger partial charge in [-0.2, -0.15) is 8.78 Å². The third-order valence-corrected chi connectivity index (χ3v) is 2.43. The zero-order valence-corrected chi connectivity index (χ0v) is 8.59. The van der Waals surface area contributed by atoms with Gasteiger partial charge in [-0.15, -0.1) is 0 Å². The molecule has 0 amide bonds. The number of hydrogen-bond donors (Lipinski definition) is 0. The van der Waals surface area contributed by atoms with Crippen molar-refractivity contribution < 1.29 is 27.4 Å². The van der Waals surface area contributed by atoms with Crippen LogP contribution in [0.25, 0.3) is 0 Å². The molecule has 0 bridgehead atoms. The number of carbonyl (C=O) groups is 1. The molecule has 0 aliphatic carbocycles. The molecule has 0 aromatic rings. The maximum absolute atomic E-state index is 12.8. The second-order valence-corrected chi connectivity index (χ2v) is 3.83. The summed E-state index contributed by atoms with van der Waals surface area (Å²) in [4.78, 5) is 10.4. The molecule has 1 unspecified atom stereocenters. The van der Waals surface area contributed by atoms with Crippen molar-refractivity contribution in [3.8, 4) is 0 Å². The maximum Gasteiger partial charge on any atom is 0.352 e. The lowest BCUT2D eigenvalue weighted by molar-refractivity contribution is -0.143. The zero-order valence-electron chi connectivity index (χ0n) is 7.59. The maximum atomic E-state index is 12.8. The van der Waals surface area contributed by atoms with E-state index in [2.05, 4.69) is 15.8 Å². The predicted molar refractivity (Wildman–Crippen MR) is 46.7 cm³/mol. The highest BCUT2D eigenvalue weighted by Crippen LogP contribution is 2.42. The highest BCUT2D eigenvalue weighted by atomic mass is 31.1. The van der Waals surface area contributed by atoms with Crippen LogP contribution in [0.2, 0.25) is 0 Å². The first-order valence-electron chi connectivity index (χ1n) is 3.78. The summed E-state index contributed by atoms with van der Waals surface area (Å²) >= 11 is 0. The lowest BCUT2D eigenvalue weighted by Crippen LogP contribution is -2.21. The van der Waals surface area contributed by atoms with Gasteiger partial charge in [0.2, 0.25) is 0 Å². The molecule has 0 saturated carbocycles. The normalized spacial score (nSPS) is 13.4. The minimum atomic E-state index is -3.63. The number of carbonyl (C=O) groups excluding carboxylic acids is 1. The molecule has 0 aromatic carbocycles. The predicted octanol–water partition coefficient (Wildman–Crippen LogP) is 1.82. The van der Waals surface area contributed by atoms with E-state index in [-0.39, 0.29) is 6.61 Å². The van der Waals surface area contributed by atoms with Gasteiger partial charge in [-0.25, -0.2) is 4.79 Å². The highest BCUT2D eigenvalue weighted by Gasteiger charge is 2.39. The Bertz CT molecular complexity index is 242. The Kier molecular flexibility index (Phi) is 5.57. The van der Waals surface area contributed by atoms with Crippen LogP contribution in [-0.2, 0) is 18.6 Å². The van der Waals surface area contributed by atoms with E-state index < -0.39 is 26.3 Å². The fourth-order valence-corrected chi connectivity index (χ4v) is 1.18. The van der Waals surface area contributed by atoms with E-state index in [0.29, 0.717) is 0 Å². The highest BCUT2D eigenvalue weighted by molar-refractivity contribution is 7.40. The van der Waals surface area contributed by atoms with Crippen LogP contribution < -0.4 is 0 Å². The van der Waals surface area contributed by atoms with E-state index in [4.69, 9.17) is 0 Å². The molecule has 0 saturated heterocycles. The molecule has 0 heterocycles. The Morgan fingerprint density at radius 1 is 1.64 bits per heavy atom. The monoisotopic (exact) mass is 228 g/mol. The third-order valence-electron chi connectivity index (χ3n) is 1.14. The van der Waals surface area contributed by atoms with Crippen molar-refractivity contribution in [1.82, 2.24) is 0 Å². The molecule has 1 atom stereocenters. The van der Waals surface area contributed by atoms with E-state index >= 15 is 0 Å². The van der Waals surface area contributed by atoms with Gasteiger partial charge < -0.3 is 9.26 Å². The van der Waals surface area contributed by atoms with Crippen molar-refractivity contribution in [1.29, 1.82) is 0 Å². The van der Waals surface area contributed by atoms with Crippen molar-refractivity contribution in [2.75, 3.05) is 13.2 Å². The first-order chi connectivity index (χ1) is 6.44. The largest absolute Gasteiger partial charge is 0.455 e. The standard InChI is InChI=1S/C7H11F2O4P/c1-3-6(10)12-5-7(8,9)14(11)13-4-2/h3,14H,1,4-5H2,2H3.